The largest absolute Gasteiger partial charge is 0.298 e. The van der Waals surface area contributed by atoms with Gasteiger partial charge in [0.05, 0.1) is 12.7 Å². The van der Waals surface area contributed by atoms with E-state index in [1.54, 1.807) is 0 Å². The maximum Gasteiger partial charge on any atom is 0.157 e. The molecule has 1 aliphatic heterocycles. The van der Waals surface area contributed by atoms with Gasteiger partial charge in [-0.3, -0.25) is 9.69 Å². The first-order chi connectivity index (χ1) is 11.2. The molecule has 0 aliphatic carbocycles. The van der Waals surface area contributed by atoms with Crippen LogP contribution in [0.2, 0.25) is 0 Å². The molecule has 23 heavy (non-hydrogen) atoms. The lowest BCUT2D eigenvalue weighted by molar-refractivity contribution is -0.313. The number of hydrogen-bond acceptors (Lipinski definition) is 5. The first-order valence-electron chi connectivity index (χ1n) is 7.81. The molecular formula is C17H21FN2O3. The molecule has 124 valence electrons. The van der Waals surface area contributed by atoms with Crippen molar-refractivity contribution in [2.45, 2.75) is 25.7 Å². The highest BCUT2D eigenvalue weighted by atomic mass is 19.1. The van der Waals surface area contributed by atoms with Gasteiger partial charge in [0.2, 0.25) is 0 Å². The van der Waals surface area contributed by atoms with E-state index < -0.39 is 5.92 Å². The third-order valence-electron chi connectivity index (χ3n) is 4.04. The van der Waals surface area contributed by atoms with Gasteiger partial charge in [-0.2, -0.15) is 5.26 Å². The molecule has 5 nitrogen and oxygen atoms in total. The number of likely N-dealkylation sites (tertiary alicyclic amines) is 1. The minimum atomic E-state index is -0.827. The van der Waals surface area contributed by atoms with Crippen molar-refractivity contribution in [3.05, 3.63) is 35.6 Å². The second kappa shape index (κ2) is 8.73. The number of halogens is 1. The third kappa shape index (κ3) is 4.83. The van der Waals surface area contributed by atoms with E-state index in [0.29, 0.717) is 31.7 Å². The van der Waals surface area contributed by atoms with Crippen LogP contribution in [0.4, 0.5) is 4.39 Å². The number of Topliss-reactive ketones (excluding diaryl/α,β-unsaturated/α-hetero) is 1. The fraction of sp³-hybridized carbons (Fsp3) is 0.529. The molecule has 1 unspecified atom stereocenters. The van der Waals surface area contributed by atoms with E-state index in [9.17, 15) is 14.4 Å². The number of ketones is 1. The fourth-order valence-corrected chi connectivity index (χ4v) is 2.74. The number of nitriles is 1. The predicted octanol–water partition coefficient (Wildman–Crippen LogP) is 2.64. The fourth-order valence-electron chi connectivity index (χ4n) is 2.74. The summed E-state index contributed by atoms with van der Waals surface area (Å²) < 4.78 is 13.0. The minimum absolute atomic E-state index is 0.0792. The van der Waals surface area contributed by atoms with E-state index in [-0.39, 0.29) is 17.5 Å². The Morgan fingerprint density at radius 2 is 2.00 bits per heavy atom. The monoisotopic (exact) mass is 320 g/mol. The van der Waals surface area contributed by atoms with Gasteiger partial charge < -0.3 is 0 Å². The Kier molecular flexibility index (Phi) is 6.66. The molecule has 1 heterocycles. The topological polar surface area (TPSA) is 62.6 Å². The molecule has 1 aromatic rings. The van der Waals surface area contributed by atoms with E-state index in [1.165, 1.54) is 24.3 Å². The van der Waals surface area contributed by atoms with Crippen LogP contribution in [0.15, 0.2) is 24.3 Å². The lowest BCUT2D eigenvalue weighted by Crippen LogP contribution is -2.38. The highest BCUT2D eigenvalue weighted by molar-refractivity contribution is 5.90. The summed E-state index contributed by atoms with van der Waals surface area (Å²) in [5.74, 6) is -1.43. The second-order valence-corrected chi connectivity index (χ2v) is 5.56. The lowest BCUT2D eigenvalue weighted by Gasteiger charge is -2.31. The molecule has 0 N–H and O–H groups in total. The van der Waals surface area contributed by atoms with Gasteiger partial charge in [-0.15, -0.1) is 0 Å². The molecule has 2 rings (SSSR count). The van der Waals surface area contributed by atoms with E-state index in [0.717, 1.165) is 13.1 Å². The number of nitrogens with zero attached hydrogens (tertiary/aromatic N) is 2. The average Bonchev–Trinajstić information content (AvgIpc) is 2.58. The zero-order chi connectivity index (χ0) is 16.7. The molecule has 0 saturated carbocycles. The number of carbonyl (C=O) groups excluding carboxylic acids is 1. The van der Waals surface area contributed by atoms with Crippen LogP contribution < -0.4 is 0 Å². The molecule has 6 heteroatoms. The number of rotatable bonds is 7. The molecule has 0 spiro atoms. The predicted molar refractivity (Wildman–Crippen MR) is 81.6 cm³/mol. The van der Waals surface area contributed by atoms with Gasteiger partial charge in [0.15, 0.2) is 5.78 Å². The smallest absolute Gasteiger partial charge is 0.157 e. The average molecular weight is 320 g/mol. The van der Waals surface area contributed by atoms with E-state index >= 15 is 0 Å². The van der Waals surface area contributed by atoms with E-state index in [1.807, 2.05) is 6.92 Å². The van der Waals surface area contributed by atoms with Gasteiger partial charge in [0.25, 0.3) is 0 Å². The van der Waals surface area contributed by atoms with Crippen molar-refractivity contribution in [1.29, 1.82) is 5.26 Å². The van der Waals surface area contributed by atoms with Gasteiger partial charge in [-0.05, 0) is 37.5 Å². The van der Waals surface area contributed by atoms with Gasteiger partial charge in [0.1, 0.15) is 18.5 Å². The number of carbonyl (C=O) groups is 1. The van der Waals surface area contributed by atoms with Crippen LogP contribution in [0.3, 0.4) is 0 Å². The summed E-state index contributed by atoms with van der Waals surface area (Å²) in [6.07, 6.45) is 1.38. The Hall–Kier alpha value is -1.81. The minimum Gasteiger partial charge on any atom is -0.298 e. The molecule has 1 aliphatic rings. The van der Waals surface area contributed by atoms with Crippen LogP contribution in [-0.2, 0) is 14.6 Å². The molecular weight excluding hydrogens is 299 g/mol. The Morgan fingerprint density at radius 1 is 1.35 bits per heavy atom. The lowest BCUT2D eigenvalue weighted by atomic mass is 9.83. The van der Waals surface area contributed by atoms with Crippen molar-refractivity contribution in [2.75, 3.05) is 26.4 Å². The molecule has 1 atom stereocenters. The molecule has 1 aromatic carbocycles. The van der Waals surface area contributed by atoms with Crippen LogP contribution in [0.25, 0.3) is 0 Å². The summed E-state index contributed by atoms with van der Waals surface area (Å²) >= 11 is 0. The third-order valence-corrected chi connectivity index (χ3v) is 4.04. The van der Waals surface area contributed by atoms with Crippen molar-refractivity contribution in [2.24, 2.45) is 5.92 Å². The molecule has 0 bridgehead atoms. The molecule has 1 fully saturated rings. The first-order valence-corrected chi connectivity index (χ1v) is 7.81. The van der Waals surface area contributed by atoms with Crippen molar-refractivity contribution < 1.29 is 19.0 Å². The zero-order valence-electron chi connectivity index (χ0n) is 13.2. The highest BCUT2D eigenvalue weighted by Gasteiger charge is 2.31. The summed E-state index contributed by atoms with van der Waals surface area (Å²) in [6.45, 7) is 4.18. The Morgan fingerprint density at radius 3 is 2.57 bits per heavy atom. The van der Waals surface area contributed by atoms with Crippen LogP contribution in [0.5, 0.6) is 0 Å². The Labute approximate surface area is 135 Å². The Balaban J connectivity index is 1.90. The summed E-state index contributed by atoms with van der Waals surface area (Å²) in [7, 11) is 0. The maximum atomic E-state index is 13.0. The molecule has 1 saturated heterocycles. The van der Waals surface area contributed by atoms with Crippen LogP contribution in [0.1, 0.15) is 31.2 Å². The van der Waals surface area contributed by atoms with Gasteiger partial charge in [-0.1, -0.05) is 12.1 Å². The SMILES string of the molecule is CCOOCN1CCC(C(=O)C(C#N)c2ccc(F)cc2)CC1. The van der Waals surface area contributed by atoms with Crippen molar-refractivity contribution in [3.8, 4) is 6.07 Å². The van der Waals surface area contributed by atoms with Crippen molar-refractivity contribution in [1.82, 2.24) is 4.90 Å². The normalized spacial score (nSPS) is 17.6. The van der Waals surface area contributed by atoms with Gasteiger partial charge >= 0.3 is 0 Å². The Bertz CT molecular complexity index is 548. The van der Waals surface area contributed by atoms with Crippen molar-refractivity contribution in [3.63, 3.8) is 0 Å². The van der Waals surface area contributed by atoms with Crippen LogP contribution >= 0.6 is 0 Å². The molecule has 0 aromatic heterocycles. The number of benzene rings is 1. The molecule has 0 amide bonds. The second-order valence-electron chi connectivity index (χ2n) is 5.56. The van der Waals surface area contributed by atoms with E-state index in [2.05, 4.69) is 11.0 Å². The number of piperidine rings is 1. The number of hydrogen-bond donors (Lipinski definition) is 0. The van der Waals surface area contributed by atoms with Crippen molar-refractivity contribution >= 4 is 5.78 Å². The summed E-state index contributed by atoms with van der Waals surface area (Å²) in [5.41, 5.74) is 0.556. The van der Waals surface area contributed by atoms with Gasteiger partial charge in [0, 0.05) is 19.0 Å². The summed E-state index contributed by atoms with van der Waals surface area (Å²) in [6, 6.07) is 7.63. The summed E-state index contributed by atoms with van der Waals surface area (Å²) in [4.78, 5) is 24.5. The highest BCUT2D eigenvalue weighted by Crippen LogP contribution is 2.26. The summed E-state index contributed by atoms with van der Waals surface area (Å²) in [5, 5.41) is 9.33. The maximum absolute atomic E-state index is 13.0. The van der Waals surface area contributed by atoms with Crippen LogP contribution in [-0.4, -0.2) is 37.1 Å². The van der Waals surface area contributed by atoms with Gasteiger partial charge in [-0.25, -0.2) is 14.2 Å². The van der Waals surface area contributed by atoms with Crippen LogP contribution in [0, 0.1) is 23.1 Å². The quantitative estimate of drug-likeness (QED) is 0.439. The standard InChI is InChI=1S/C17H21FN2O3/c1-2-22-23-12-20-9-7-14(8-10-20)17(21)16(11-19)13-3-5-15(18)6-4-13/h3-6,14,16H,2,7-10,12H2,1H3. The first kappa shape index (κ1) is 17.5. The zero-order valence-corrected chi connectivity index (χ0v) is 13.2. The van der Waals surface area contributed by atoms with E-state index in [4.69, 9.17) is 9.78 Å². The molecule has 0 radical (unpaired) electrons.